The predicted molar refractivity (Wildman–Crippen MR) is 52.3 cm³/mol. The lowest BCUT2D eigenvalue weighted by molar-refractivity contribution is 0.218. The number of hydrogen-bond acceptors (Lipinski definition) is 4. The topological polar surface area (TPSA) is 35.0 Å². The van der Waals surface area contributed by atoms with Crippen molar-refractivity contribution in [2.75, 3.05) is 19.5 Å². The van der Waals surface area contributed by atoms with E-state index in [0.29, 0.717) is 0 Å². The monoisotopic (exact) mass is 248 g/mol. The van der Waals surface area contributed by atoms with Gasteiger partial charge in [-0.05, 0) is 15.9 Å². The van der Waals surface area contributed by atoms with E-state index in [4.69, 9.17) is 4.74 Å². The third-order valence-corrected chi connectivity index (χ3v) is 2.97. The summed E-state index contributed by atoms with van der Waals surface area (Å²) < 4.78 is 5.86. The zero-order chi connectivity index (χ0) is 8.81. The zero-order valence-corrected chi connectivity index (χ0v) is 9.06. The normalized spacial score (nSPS) is 10.2. The highest BCUT2D eigenvalue weighted by Crippen LogP contribution is 2.23. The zero-order valence-electron chi connectivity index (χ0n) is 6.66. The van der Waals surface area contributed by atoms with Gasteiger partial charge in [-0.3, -0.25) is 0 Å². The van der Waals surface area contributed by atoms with Crippen LogP contribution in [-0.4, -0.2) is 29.4 Å². The molecule has 0 atom stereocenters. The largest absolute Gasteiger partial charge is 0.384 e. The Kier molecular flexibility index (Phi) is 4.57. The van der Waals surface area contributed by atoms with Crippen LogP contribution in [0.1, 0.15) is 0 Å². The van der Waals surface area contributed by atoms with Crippen LogP contribution in [0, 0.1) is 0 Å². The van der Waals surface area contributed by atoms with Crippen molar-refractivity contribution in [2.45, 2.75) is 5.03 Å². The fourth-order valence-corrected chi connectivity index (χ4v) is 1.95. The van der Waals surface area contributed by atoms with Gasteiger partial charge in [0.05, 0.1) is 11.1 Å². The standard InChI is InChI=1S/C7H9BrN2OS/c1-11-2-3-12-7-6(8)4-9-5-10-7/h4-5H,2-3H2,1H3. The number of methoxy groups -OCH3 is 1. The molecule has 0 bridgehead atoms. The minimum absolute atomic E-state index is 0.737. The van der Waals surface area contributed by atoms with Crippen LogP contribution in [0.4, 0.5) is 0 Å². The number of rotatable bonds is 4. The summed E-state index contributed by atoms with van der Waals surface area (Å²) in [4.78, 5) is 7.97. The summed E-state index contributed by atoms with van der Waals surface area (Å²) in [6, 6.07) is 0. The molecule has 0 radical (unpaired) electrons. The Bertz CT molecular complexity index is 247. The molecule has 66 valence electrons. The Morgan fingerprint density at radius 3 is 3.17 bits per heavy atom. The third kappa shape index (κ3) is 3.08. The van der Waals surface area contributed by atoms with Gasteiger partial charge in [0, 0.05) is 19.1 Å². The molecular weight excluding hydrogens is 240 g/mol. The van der Waals surface area contributed by atoms with Crippen LogP contribution in [0.5, 0.6) is 0 Å². The minimum Gasteiger partial charge on any atom is -0.384 e. The SMILES string of the molecule is COCCSc1ncncc1Br. The molecule has 0 spiro atoms. The molecule has 0 aliphatic carbocycles. The number of nitrogens with zero attached hydrogens (tertiary/aromatic N) is 2. The summed E-state index contributed by atoms with van der Waals surface area (Å²) in [7, 11) is 1.69. The molecule has 1 aromatic heterocycles. The van der Waals surface area contributed by atoms with Crippen molar-refractivity contribution < 1.29 is 4.74 Å². The molecule has 1 heterocycles. The third-order valence-electron chi connectivity index (χ3n) is 1.16. The van der Waals surface area contributed by atoms with Crippen LogP contribution in [0.25, 0.3) is 0 Å². The summed E-state index contributed by atoms with van der Waals surface area (Å²) in [5.74, 6) is 0.909. The summed E-state index contributed by atoms with van der Waals surface area (Å²) in [5.41, 5.74) is 0. The van der Waals surface area contributed by atoms with Crippen LogP contribution in [0.2, 0.25) is 0 Å². The molecule has 0 aliphatic rings. The molecule has 0 unspecified atom stereocenters. The predicted octanol–water partition coefficient (Wildman–Crippen LogP) is 1.98. The molecule has 0 saturated carbocycles. The summed E-state index contributed by atoms with van der Waals surface area (Å²) in [6.07, 6.45) is 3.28. The van der Waals surface area contributed by atoms with Crippen LogP contribution < -0.4 is 0 Å². The van der Waals surface area contributed by atoms with Gasteiger partial charge in [0.25, 0.3) is 0 Å². The van der Waals surface area contributed by atoms with Crippen molar-refractivity contribution in [1.82, 2.24) is 9.97 Å². The minimum atomic E-state index is 0.737. The summed E-state index contributed by atoms with van der Waals surface area (Å²) in [5, 5.41) is 0.960. The first-order valence-corrected chi connectivity index (χ1v) is 5.19. The van der Waals surface area contributed by atoms with E-state index in [9.17, 15) is 0 Å². The molecule has 0 aromatic carbocycles. The average Bonchev–Trinajstić information content (AvgIpc) is 2.09. The molecule has 0 aliphatic heterocycles. The van der Waals surface area contributed by atoms with Crippen LogP contribution >= 0.6 is 27.7 Å². The summed E-state index contributed by atoms with van der Waals surface area (Å²) >= 11 is 5.01. The molecule has 0 amide bonds. The smallest absolute Gasteiger partial charge is 0.116 e. The molecule has 3 nitrogen and oxygen atoms in total. The van der Waals surface area contributed by atoms with Gasteiger partial charge in [0.15, 0.2) is 0 Å². The van der Waals surface area contributed by atoms with Gasteiger partial charge in [0.1, 0.15) is 11.4 Å². The van der Waals surface area contributed by atoms with Gasteiger partial charge in [-0.15, -0.1) is 11.8 Å². The maximum atomic E-state index is 4.92. The number of halogens is 1. The van der Waals surface area contributed by atoms with Gasteiger partial charge in [0.2, 0.25) is 0 Å². The van der Waals surface area contributed by atoms with E-state index in [1.54, 1.807) is 31.4 Å². The molecule has 0 N–H and O–H groups in total. The maximum absolute atomic E-state index is 4.92. The van der Waals surface area contributed by atoms with Crippen LogP contribution in [0.3, 0.4) is 0 Å². The van der Waals surface area contributed by atoms with Crippen molar-refractivity contribution in [1.29, 1.82) is 0 Å². The Hall–Kier alpha value is -0.130. The van der Waals surface area contributed by atoms with Crippen molar-refractivity contribution in [2.24, 2.45) is 0 Å². The van der Waals surface area contributed by atoms with E-state index in [0.717, 1.165) is 21.9 Å². The Morgan fingerprint density at radius 2 is 2.50 bits per heavy atom. The van der Waals surface area contributed by atoms with Crippen molar-refractivity contribution in [3.8, 4) is 0 Å². The van der Waals surface area contributed by atoms with Crippen molar-refractivity contribution >= 4 is 27.7 Å². The molecular formula is C7H9BrN2OS. The molecule has 12 heavy (non-hydrogen) atoms. The second-order valence-corrected chi connectivity index (χ2v) is 3.96. The maximum Gasteiger partial charge on any atom is 0.116 e. The Morgan fingerprint density at radius 1 is 1.67 bits per heavy atom. The molecule has 1 rings (SSSR count). The average molecular weight is 249 g/mol. The van der Waals surface area contributed by atoms with E-state index >= 15 is 0 Å². The number of aromatic nitrogens is 2. The fourth-order valence-electron chi connectivity index (χ4n) is 0.629. The lowest BCUT2D eigenvalue weighted by Crippen LogP contribution is -1.92. The highest BCUT2D eigenvalue weighted by atomic mass is 79.9. The molecule has 1 aromatic rings. The number of hydrogen-bond donors (Lipinski definition) is 0. The lowest BCUT2D eigenvalue weighted by atomic mass is 10.7. The van der Waals surface area contributed by atoms with Gasteiger partial charge in [-0.2, -0.15) is 0 Å². The van der Waals surface area contributed by atoms with Gasteiger partial charge < -0.3 is 4.74 Å². The fraction of sp³-hybridized carbons (Fsp3) is 0.429. The number of ether oxygens (including phenoxy) is 1. The van der Waals surface area contributed by atoms with E-state index in [1.807, 2.05) is 0 Å². The van der Waals surface area contributed by atoms with E-state index in [-0.39, 0.29) is 0 Å². The summed E-state index contributed by atoms with van der Waals surface area (Å²) in [6.45, 7) is 0.737. The van der Waals surface area contributed by atoms with Gasteiger partial charge in [-0.25, -0.2) is 9.97 Å². The first-order valence-electron chi connectivity index (χ1n) is 3.42. The van der Waals surface area contributed by atoms with E-state index in [1.165, 1.54) is 0 Å². The van der Waals surface area contributed by atoms with Crippen molar-refractivity contribution in [3.63, 3.8) is 0 Å². The highest BCUT2D eigenvalue weighted by molar-refractivity contribution is 9.10. The first-order chi connectivity index (χ1) is 5.84. The van der Waals surface area contributed by atoms with Crippen LogP contribution in [0.15, 0.2) is 22.0 Å². The van der Waals surface area contributed by atoms with Crippen LogP contribution in [-0.2, 0) is 4.74 Å². The number of thioether (sulfide) groups is 1. The van der Waals surface area contributed by atoms with E-state index in [2.05, 4.69) is 25.9 Å². The second-order valence-electron chi connectivity index (χ2n) is 2.02. The van der Waals surface area contributed by atoms with Gasteiger partial charge >= 0.3 is 0 Å². The van der Waals surface area contributed by atoms with E-state index < -0.39 is 0 Å². The van der Waals surface area contributed by atoms with Gasteiger partial charge in [-0.1, -0.05) is 0 Å². The first kappa shape index (κ1) is 9.95. The molecule has 0 saturated heterocycles. The Labute approximate surface area is 84.1 Å². The highest BCUT2D eigenvalue weighted by Gasteiger charge is 1.99. The Balaban J connectivity index is 2.46. The second kappa shape index (κ2) is 5.50. The molecule has 5 heteroatoms. The quantitative estimate of drug-likeness (QED) is 0.464. The molecule has 0 fully saturated rings. The lowest BCUT2D eigenvalue weighted by Gasteiger charge is -2.00. The van der Waals surface area contributed by atoms with Crippen molar-refractivity contribution in [3.05, 3.63) is 17.0 Å².